The van der Waals surface area contributed by atoms with Crippen LogP contribution in [0.3, 0.4) is 0 Å². The van der Waals surface area contributed by atoms with Crippen LogP contribution in [-0.4, -0.2) is 109 Å². The minimum absolute atomic E-state index is 0.0630. The van der Waals surface area contributed by atoms with Crippen molar-refractivity contribution in [1.82, 2.24) is 25.4 Å². The third-order valence-corrected chi connectivity index (χ3v) is 9.33. The molecule has 4 heterocycles. The largest absolute Gasteiger partial charge is 0.481 e. The van der Waals surface area contributed by atoms with Crippen molar-refractivity contribution in [1.29, 1.82) is 0 Å². The highest BCUT2D eigenvalue weighted by Gasteiger charge is 2.54. The zero-order valence-corrected chi connectivity index (χ0v) is 25.1. The van der Waals surface area contributed by atoms with Crippen molar-refractivity contribution in [3.63, 3.8) is 0 Å². The number of amidine groups is 1. The number of thioether (sulfide) groups is 2. The van der Waals surface area contributed by atoms with E-state index in [1.165, 1.54) is 35.8 Å². The first kappa shape index (κ1) is 31.6. The van der Waals surface area contributed by atoms with E-state index >= 15 is 0 Å². The highest BCUT2D eigenvalue weighted by molar-refractivity contribution is 8.14. The second-order valence-corrected chi connectivity index (χ2v) is 12.2. The van der Waals surface area contributed by atoms with Crippen LogP contribution < -0.4 is 22.1 Å². The molecule has 20 heteroatoms. The Morgan fingerprint density at radius 3 is 2.72 bits per heavy atom. The topological polar surface area (TPSA) is 255 Å². The molecule has 0 spiro atoms. The quantitative estimate of drug-likeness (QED) is 0.0682. The zero-order valence-electron chi connectivity index (χ0n) is 22.7. The molecule has 0 radical (unpaired) electrons. The lowest BCUT2D eigenvalue weighted by Gasteiger charge is -2.49. The van der Waals surface area contributed by atoms with Gasteiger partial charge in [0.1, 0.15) is 34.7 Å². The lowest BCUT2D eigenvalue weighted by Crippen LogP contribution is -2.71. The number of likely N-dealkylation sites (N-methyl/N-ethyl adjacent to an activating group) is 1. The molecule has 4 rings (SSSR count). The molecule has 0 bridgehead atoms. The van der Waals surface area contributed by atoms with Crippen LogP contribution in [0.2, 0.25) is 0 Å². The van der Waals surface area contributed by atoms with Crippen LogP contribution in [0.4, 0.5) is 5.13 Å². The predicted molar refractivity (Wildman–Crippen MR) is 158 cm³/mol. The van der Waals surface area contributed by atoms with Crippen molar-refractivity contribution in [3.8, 4) is 0 Å². The van der Waals surface area contributed by atoms with Crippen molar-refractivity contribution < 1.29 is 39.0 Å². The Bertz CT molecular complexity index is 1470. The van der Waals surface area contributed by atoms with E-state index in [0.29, 0.717) is 29.4 Å². The summed E-state index contributed by atoms with van der Waals surface area (Å²) in [6.07, 6.45) is -0.737. The van der Waals surface area contributed by atoms with Crippen molar-refractivity contribution in [2.75, 3.05) is 30.8 Å². The Labute approximate surface area is 256 Å². The second-order valence-electron chi connectivity index (χ2n) is 9.31. The first-order valence-corrected chi connectivity index (χ1v) is 15.3. The summed E-state index contributed by atoms with van der Waals surface area (Å²) in [6.45, 7) is 1.75. The van der Waals surface area contributed by atoms with E-state index in [1.807, 2.05) is 0 Å². The summed E-state index contributed by atoms with van der Waals surface area (Å²) >= 11 is 3.55. The number of amides is 3. The van der Waals surface area contributed by atoms with Gasteiger partial charge in [-0.1, -0.05) is 16.9 Å². The first-order valence-electron chi connectivity index (χ1n) is 12.4. The number of β-lactam (4-membered cyclic amide) rings is 1. The molecule has 2 unspecified atom stereocenters. The first-order chi connectivity index (χ1) is 20.4. The van der Waals surface area contributed by atoms with Crippen LogP contribution in [0.15, 0.2) is 38.3 Å². The van der Waals surface area contributed by atoms with Crippen molar-refractivity contribution in [2.45, 2.75) is 30.9 Å². The van der Waals surface area contributed by atoms with Gasteiger partial charge in [0.15, 0.2) is 16.0 Å². The van der Waals surface area contributed by atoms with Crippen LogP contribution in [0.25, 0.3) is 0 Å². The number of rotatable bonds is 12. The van der Waals surface area contributed by atoms with Crippen molar-refractivity contribution in [2.24, 2.45) is 15.9 Å². The number of aromatic nitrogens is 1. The van der Waals surface area contributed by atoms with E-state index in [-0.39, 0.29) is 46.0 Å². The highest BCUT2D eigenvalue weighted by Crippen LogP contribution is 2.41. The average molecular weight is 654 g/mol. The number of hydrogen-bond donors (Lipinski definition) is 6. The zero-order chi connectivity index (χ0) is 31.4. The molecule has 1 aromatic rings. The predicted octanol–water partition coefficient (Wildman–Crippen LogP) is -1.04. The summed E-state index contributed by atoms with van der Waals surface area (Å²) in [7, 11) is 1.74. The van der Waals surface area contributed by atoms with Gasteiger partial charge in [-0.05, 0) is 12.5 Å². The molecule has 3 amide bonds. The van der Waals surface area contributed by atoms with Crippen LogP contribution in [0.5, 0.6) is 0 Å². The molecule has 0 aromatic carbocycles. The van der Waals surface area contributed by atoms with Gasteiger partial charge in [-0.2, -0.15) is 0 Å². The normalized spacial score (nSPS) is 21.0. The maximum Gasteiger partial charge on any atom is 0.352 e. The Morgan fingerprint density at radius 1 is 1.35 bits per heavy atom. The number of nitrogen functional groups attached to an aromatic ring is 1. The lowest BCUT2D eigenvalue weighted by atomic mass is 10.0. The van der Waals surface area contributed by atoms with E-state index in [2.05, 4.69) is 25.8 Å². The number of hydrogen-bond acceptors (Lipinski definition) is 15. The summed E-state index contributed by atoms with van der Waals surface area (Å²) in [5.74, 6) is -3.29. The van der Waals surface area contributed by atoms with Gasteiger partial charge in [0.05, 0.1) is 18.7 Å². The number of aliphatic imine (C=N–C) groups is 1. The van der Waals surface area contributed by atoms with Gasteiger partial charge in [0.25, 0.3) is 11.8 Å². The molecule has 1 fully saturated rings. The molecule has 3 aliphatic heterocycles. The number of thiazole rings is 1. The number of anilines is 1. The highest BCUT2D eigenvalue weighted by atomic mass is 32.2. The van der Waals surface area contributed by atoms with Gasteiger partial charge in [-0.25, -0.2) is 14.8 Å². The minimum atomic E-state index is -1.30. The number of nitrogens with two attached hydrogens (primary N) is 2. The molecule has 1 saturated heterocycles. The number of aliphatic carboxylic acids is 2. The standard InChI is InChI=1S/C23H27N9O8S3/c1-9(3-13(34)35)40-30-14(12-7-42-22(25)27-12)18(36)28-15-19(37)32-16(21(38)39)10(5-41-20(15)32)6-43-23-29-17(24)11(26-8-33)4-31(23)2/h7-9,15,20H,3-6,24H2,1-2H3,(H2,25,27)(H,26,33)(H,28,36)(H,34,35)(H,38,39)/b30-14-/t9?,15?,20-/m0/s1. The molecular weight excluding hydrogens is 627 g/mol. The van der Waals surface area contributed by atoms with Crippen LogP contribution in [0, 0.1) is 0 Å². The van der Waals surface area contributed by atoms with Gasteiger partial charge in [0.2, 0.25) is 6.41 Å². The molecule has 0 saturated carbocycles. The maximum absolute atomic E-state index is 13.2. The number of carboxylic acid groups (broad SMARTS) is 2. The molecule has 43 heavy (non-hydrogen) atoms. The average Bonchev–Trinajstić information content (AvgIpc) is 3.37. The molecule has 1 aromatic heterocycles. The second kappa shape index (κ2) is 13.3. The Morgan fingerprint density at radius 2 is 2.09 bits per heavy atom. The Hall–Kier alpha value is -4.30. The number of carbonyl (C=O) groups excluding carboxylic acids is 3. The summed E-state index contributed by atoms with van der Waals surface area (Å²) in [5.41, 5.74) is 12.1. The molecule has 0 aliphatic carbocycles. The van der Waals surface area contributed by atoms with Gasteiger partial charge in [0, 0.05) is 23.9 Å². The van der Waals surface area contributed by atoms with Crippen molar-refractivity contribution >= 4 is 81.0 Å². The Balaban J connectivity index is 1.48. The summed E-state index contributed by atoms with van der Waals surface area (Å²) in [6, 6.07) is -1.07. The monoisotopic (exact) mass is 653 g/mol. The number of fused-ring (bicyclic) bond motifs is 1. The van der Waals surface area contributed by atoms with Crippen LogP contribution in [-0.2, 0) is 28.8 Å². The summed E-state index contributed by atoms with van der Waals surface area (Å²) in [4.78, 5) is 76.7. The number of nitrogens with one attached hydrogen (secondary N) is 2. The maximum atomic E-state index is 13.2. The van der Waals surface area contributed by atoms with E-state index in [1.54, 1.807) is 11.9 Å². The lowest BCUT2D eigenvalue weighted by molar-refractivity contribution is -0.150. The summed E-state index contributed by atoms with van der Waals surface area (Å²) < 4.78 is 0. The Kier molecular flexibility index (Phi) is 9.81. The van der Waals surface area contributed by atoms with E-state index in [4.69, 9.17) is 21.4 Å². The number of oxime groups is 1. The third kappa shape index (κ3) is 7.03. The molecule has 3 aliphatic rings. The molecule has 17 nitrogen and oxygen atoms in total. The van der Waals surface area contributed by atoms with E-state index in [0.717, 1.165) is 16.2 Å². The number of nitrogens with zero attached hydrogens (tertiary/aromatic N) is 5. The van der Waals surface area contributed by atoms with Gasteiger partial charge < -0.3 is 42.1 Å². The van der Waals surface area contributed by atoms with Crippen LogP contribution in [0.1, 0.15) is 19.0 Å². The van der Waals surface area contributed by atoms with Gasteiger partial charge >= 0.3 is 11.9 Å². The molecule has 8 N–H and O–H groups in total. The fourth-order valence-electron chi connectivity index (χ4n) is 4.16. The fourth-order valence-corrected chi connectivity index (χ4v) is 7.17. The van der Waals surface area contributed by atoms with Gasteiger partial charge in [-0.15, -0.1) is 23.1 Å². The van der Waals surface area contributed by atoms with Crippen molar-refractivity contribution in [3.05, 3.63) is 33.9 Å². The molecular formula is C23H27N9O8S3. The molecule has 230 valence electrons. The van der Waals surface area contributed by atoms with Crippen LogP contribution >= 0.6 is 34.9 Å². The SMILES string of the molecule is CC(CC(=O)O)O/N=C(\C(=O)NC1C(=O)N2C(C(=O)O)=C(CSC3=NC(N)=C(NC=O)CN3C)CS[C@@H]12)c1csc(N)n1. The third-order valence-electron chi connectivity index (χ3n) is 6.16. The minimum Gasteiger partial charge on any atom is -0.481 e. The van der Waals surface area contributed by atoms with E-state index < -0.39 is 41.3 Å². The number of carbonyl (C=O) groups is 5. The summed E-state index contributed by atoms with van der Waals surface area (Å²) in [5, 5.41) is 29.2. The number of carboxylic acids is 2. The smallest absolute Gasteiger partial charge is 0.352 e. The molecule has 3 atom stereocenters. The van der Waals surface area contributed by atoms with E-state index in [9.17, 15) is 29.1 Å². The van der Waals surface area contributed by atoms with Gasteiger partial charge in [-0.3, -0.25) is 24.1 Å². The fraction of sp³-hybridized carbons (Fsp3) is 0.391.